The van der Waals surface area contributed by atoms with Gasteiger partial charge in [0.2, 0.25) is 0 Å². The highest BCUT2D eigenvalue weighted by Gasteiger charge is 2.35. The number of hydrogen-bond acceptors (Lipinski definition) is 2. The van der Waals surface area contributed by atoms with E-state index in [9.17, 15) is 8.42 Å². The predicted octanol–water partition coefficient (Wildman–Crippen LogP) is 1.50. The summed E-state index contributed by atoms with van der Waals surface area (Å²) in [7, 11) is -3.21. The highest BCUT2D eigenvalue weighted by atomic mass is 32.2. The van der Waals surface area contributed by atoms with Crippen molar-refractivity contribution in [2.45, 2.75) is 52.0 Å². The molecule has 0 radical (unpaired) electrons. The van der Waals surface area contributed by atoms with E-state index in [2.05, 4.69) is 18.6 Å². The van der Waals surface area contributed by atoms with Crippen LogP contribution in [0.3, 0.4) is 0 Å². The van der Waals surface area contributed by atoms with E-state index < -0.39 is 10.2 Å². The molecule has 2 fully saturated rings. The Hall–Kier alpha value is -0.130. The van der Waals surface area contributed by atoms with E-state index in [1.807, 2.05) is 0 Å². The zero-order valence-corrected chi connectivity index (χ0v) is 11.0. The fraction of sp³-hybridized carbons (Fsp3) is 1.00. The van der Waals surface area contributed by atoms with E-state index in [0.29, 0.717) is 13.1 Å². The van der Waals surface area contributed by atoms with E-state index in [4.69, 9.17) is 0 Å². The summed E-state index contributed by atoms with van der Waals surface area (Å²) >= 11 is 0. The Labute approximate surface area is 98.6 Å². The predicted molar refractivity (Wildman–Crippen MR) is 64.3 cm³/mol. The van der Waals surface area contributed by atoms with Gasteiger partial charge in [0.05, 0.1) is 0 Å². The molecule has 0 amide bonds. The van der Waals surface area contributed by atoms with Gasteiger partial charge in [-0.3, -0.25) is 0 Å². The van der Waals surface area contributed by atoms with Crippen molar-refractivity contribution in [2.24, 2.45) is 5.41 Å². The summed E-state index contributed by atoms with van der Waals surface area (Å²) in [5, 5.41) is 0. The lowest BCUT2D eigenvalue weighted by molar-refractivity contribution is 0.370. The number of rotatable bonds is 3. The third-order valence-electron chi connectivity index (χ3n) is 3.69. The Bertz CT molecular complexity index is 345. The highest BCUT2D eigenvalue weighted by Crippen LogP contribution is 2.37. The summed E-state index contributed by atoms with van der Waals surface area (Å²) in [5.41, 5.74) is 0.290. The van der Waals surface area contributed by atoms with Crippen LogP contribution < -0.4 is 4.72 Å². The van der Waals surface area contributed by atoms with Crippen LogP contribution in [0.1, 0.15) is 46.0 Å². The van der Waals surface area contributed by atoms with Crippen LogP contribution in [0.5, 0.6) is 0 Å². The Balaban J connectivity index is 1.94. The maximum Gasteiger partial charge on any atom is 0.279 e. The molecular weight excluding hydrogens is 224 g/mol. The molecule has 16 heavy (non-hydrogen) atoms. The van der Waals surface area contributed by atoms with Gasteiger partial charge in [0.1, 0.15) is 0 Å². The summed E-state index contributed by atoms with van der Waals surface area (Å²) in [4.78, 5) is 0. The molecule has 1 N–H and O–H groups in total. The molecule has 0 aromatic rings. The summed E-state index contributed by atoms with van der Waals surface area (Å²) in [5.74, 6) is 0. The third-order valence-corrected chi connectivity index (χ3v) is 5.37. The molecule has 1 saturated heterocycles. The van der Waals surface area contributed by atoms with Gasteiger partial charge in [-0.2, -0.15) is 17.4 Å². The maximum atomic E-state index is 12.0. The quantitative estimate of drug-likeness (QED) is 0.820. The maximum absolute atomic E-state index is 12.0. The molecule has 0 spiro atoms. The molecular formula is C11H22N2O2S. The van der Waals surface area contributed by atoms with E-state index in [1.54, 1.807) is 4.31 Å². The van der Waals surface area contributed by atoms with Crippen LogP contribution in [0.15, 0.2) is 0 Å². The van der Waals surface area contributed by atoms with Crippen molar-refractivity contribution in [3.63, 3.8) is 0 Å². The van der Waals surface area contributed by atoms with Crippen LogP contribution in [0.2, 0.25) is 0 Å². The molecule has 1 heterocycles. The van der Waals surface area contributed by atoms with Crippen LogP contribution >= 0.6 is 0 Å². The highest BCUT2D eigenvalue weighted by molar-refractivity contribution is 7.87. The van der Waals surface area contributed by atoms with Crippen molar-refractivity contribution in [1.29, 1.82) is 0 Å². The minimum atomic E-state index is -3.21. The van der Waals surface area contributed by atoms with Gasteiger partial charge in [0.25, 0.3) is 10.2 Å². The smallest absolute Gasteiger partial charge is 0.199 e. The molecule has 94 valence electrons. The molecule has 2 aliphatic rings. The number of hydrogen-bond donors (Lipinski definition) is 1. The Kier molecular flexibility index (Phi) is 3.29. The van der Waals surface area contributed by atoms with Gasteiger partial charge in [0, 0.05) is 19.1 Å². The first-order chi connectivity index (χ1) is 7.39. The lowest BCUT2D eigenvalue weighted by atomic mass is 9.92. The minimum absolute atomic E-state index is 0.139. The van der Waals surface area contributed by atoms with Gasteiger partial charge in [-0.1, -0.05) is 13.8 Å². The van der Waals surface area contributed by atoms with Crippen LogP contribution in [0.4, 0.5) is 0 Å². The molecule has 0 aromatic heterocycles. The first kappa shape index (κ1) is 12.3. The second-order valence-electron chi connectivity index (χ2n) is 5.83. The number of nitrogens with one attached hydrogen (secondary N) is 1. The SMILES string of the molecule is CC1(C)CCC(NS(=O)(=O)N2CCCC2)C1. The number of nitrogens with zero attached hydrogens (tertiary/aromatic N) is 1. The largest absolute Gasteiger partial charge is 0.279 e. The van der Waals surface area contributed by atoms with Crippen molar-refractivity contribution < 1.29 is 8.42 Å². The molecule has 1 atom stereocenters. The first-order valence-electron chi connectivity index (χ1n) is 6.16. The molecule has 0 aromatic carbocycles. The van der Waals surface area contributed by atoms with E-state index in [-0.39, 0.29) is 11.5 Å². The average molecular weight is 246 g/mol. The van der Waals surface area contributed by atoms with E-state index >= 15 is 0 Å². The zero-order valence-electron chi connectivity index (χ0n) is 10.2. The fourth-order valence-electron chi connectivity index (χ4n) is 2.75. The van der Waals surface area contributed by atoms with Crippen LogP contribution in [0, 0.1) is 5.41 Å². The summed E-state index contributed by atoms with van der Waals surface area (Å²) in [6, 6.07) is 0.139. The van der Waals surface area contributed by atoms with Gasteiger partial charge in [0.15, 0.2) is 0 Å². The van der Waals surface area contributed by atoms with Gasteiger partial charge in [-0.25, -0.2) is 0 Å². The van der Waals surface area contributed by atoms with Gasteiger partial charge in [-0.05, 0) is 37.5 Å². The second-order valence-corrected chi connectivity index (χ2v) is 7.54. The zero-order chi connectivity index (χ0) is 11.8. The van der Waals surface area contributed by atoms with Crippen molar-refractivity contribution in [1.82, 2.24) is 9.03 Å². The Morgan fingerprint density at radius 1 is 1.25 bits per heavy atom. The molecule has 0 bridgehead atoms. The topological polar surface area (TPSA) is 49.4 Å². The normalized spacial score (nSPS) is 31.0. The summed E-state index contributed by atoms with van der Waals surface area (Å²) in [6.07, 6.45) is 5.04. The molecule has 1 unspecified atom stereocenters. The summed E-state index contributed by atoms with van der Waals surface area (Å²) in [6.45, 7) is 5.78. The van der Waals surface area contributed by atoms with E-state index in [0.717, 1.165) is 32.1 Å². The second kappa shape index (κ2) is 4.27. The lowest BCUT2D eigenvalue weighted by Crippen LogP contribution is -2.43. The molecule has 1 saturated carbocycles. The monoisotopic (exact) mass is 246 g/mol. The molecule has 5 heteroatoms. The first-order valence-corrected chi connectivity index (χ1v) is 7.60. The van der Waals surface area contributed by atoms with Gasteiger partial charge >= 0.3 is 0 Å². The van der Waals surface area contributed by atoms with Crippen LogP contribution in [0.25, 0.3) is 0 Å². The van der Waals surface area contributed by atoms with Gasteiger partial charge in [-0.15, -0.1) is 0 Å². The molecule has 1 aliphatic heterocycles. The van der Waals surface area contributed by atoms with Crippen molar-refractivity contribution in [3.8, 4) is 0 Å². The van der Waals surface area contributed by atoms with E-state index in [1.165, 1.54) is 0 Å². The van der Waals surface area contributed by atoms with Gasteiger partial charge < -0.3 is 0 Å². The Morgan fingerprint density at radius 3 is 2.38 bits per heavy atom. The van der Waals surface area contributed by atoms with Crippen LogP contribution in [-0.2, 0) is 10.2 Å². The lowest BCUT2D eigenvalue weighted by Gasteiger charge is -2.21. The Morgan fingerprint density at radius 2 is 1.88 bits per heavy atom. The van der Waals surface area contributed by atoms with Crippen LogP contribution in [-0.4, -0.2) is 31.9 Å². The van der Waals surface area contributed by atoms with Crippen molar-refractivity contribution in [3.05, 3.63) is 0 Å². The molecule has 2 rings (SSSR count). The average Bonchev–Trinajstić information content (AvgIpc) is 2.74. The van der Waals surface area contributed by atoms with Crippen molar-refractivity contribution in [2.75, 3.05) is 13.1 Å². The standard InChI is InChI=1S/C11H22N2O2S/c1-11(2)6-5-10(9-11)12-16(14,15)13-7-3-4-8-13/h10,12H,3-9H2,1-2H3. The molecule has 4 nitrogen and oxygen atoms in total. The summed E-state index contributed by atoms with van der Waals surface area (Å²) < 4.78 is 28.5. The third kappa shape index (κ3) is 2.76. The minimum Gasteiger partial charge on any atom is -0.199 e. The van der Waals surface area contributed by atoms with Crippen molar-refractivity contribution >= 4 is 10.2 Å². The molecule has 1 aliphatic carbocycles. The fourth-order valence-corrected chi connectivity index (χ4v) is 4.26.